The molecule has 3 aromatic carbocycles. The van der Waals surface area contributed by atoms with E-state index in [9.17, 15) is 28.8 Å². The number of amides is 3. The molecule has 3 aliphatic carbocycles. The highest BCUT2D eigenvalue weighted by atomic mass is 16.2. The van der Waals surface area contributed by atoms with Crippen LogP contribution in [0, 0.1) is 17.8 Å². The van der Waals surface area contributed by atoms with Gasteiger partial charge in [-0.05, 0) is 180 Å². The molecule has 8 N–H and O–H groups in total. The zero-order valence-corrected chi connectivity index (χ0v) is 53.3. The van der Waals surface area contributed by atoms with Crippen LogP contribution in [0.2, 0.25) is 0 Å². The number of carbonyl (C=O) groups is 6. The van der Waals surface area contributed by atoms with E-state index in [1.807, 2.05) is 0 Å². The third-order valence-electron chi connectivity index (χ3n) is 20.2. The van der Waals surface area contributed by atoms with Gasteiger partial charge in [-0.2, -0.15) is 0 Å². The Morgan fingerprint density at radius 1 is 0.466 bits per heavy atom. The number of rotatable bonds is 25. The molecule has 0 bridgehead atoms. The second-order valence-electron chi connectivity index (χ2n) is 26.8. The van der Waals surface area contributed by atoms with Crippen molar-refractivity contribution in [2.45, 2.75) is 186 Å². The van der Waals surface area contributed by atoms with Gasteiger partial charge in [0, 0.05) is 165 Å². The van der Waals surface area contributed by atoms with Crippen molar-refractivity contribution in [1.82, 2.24) is 45.6 Å². The fraction of sp³-hybridized carbons (Fsp3) is 0.583. The second kappa shape index (κ2) is 30.4. The zero-order chi connectivity index (χ0) is 61.8. The number of carbonyl (C=O) groups excluding carboxylic acids is 6. The Labute approximate surface area is 521 Å². The molecule has 3 fully saturated rings. The number of benzene rings is 3. The van der Waals surface area contributed by atoms with Gasteiger partial charge >= 0.3 is 0 Å². The topological polar surface area (TPSA) is 222 Å². The van der Waals surface area contributed by atoms with Crippen LogP contribution in [0.1, 0.15) is 182 Å². The summed E-state index contributed by atoms with van der Waals surface area (Å²) in [6.45, 7) is 18.6. The molecule has 9 atom stereocenters. The average molecular weight is 1200 g/mol. The lowest BCUT2D eigenvalue weighted by molar-refractivity contribution is -0.123. The number of nitrogens with two attached hydrogens (primary N) is 1. The van der Waals surface area contributed by atoms with Gasteiger partial charge in [0.25, 0.3) is 0 Å². The SMILES string of the molecule is CCCN1C[C@H](CNC(=O)CCCC(=O)CN)C[C@@H]2c3cccc4[nH]cc(c34)C[C@H]21.CCCN1C[C@H](CNC(=O)CCCC(C)=O)C[C@@H]2c3cccc4[nH]cc(c34)C[C@H]21.CCCN1C[C@H](CNC(=O)CCCC(C)=O)C[C@@H]2c3cccc4[nH]cc(c34)C[C@H]21. The fourth-order valence-electron chi connectivity index (χ4n) is 16.4. The van der Waals surface area contributed by atoms with Crippen LogP contribution in [0.25, 0.3) is 32.7 Å². The minimum absolute atomic E-state index is 0.0203. The number of nitrogens with one attached hydrogen (secondary N) is 6. The van der Waals surface area contributed by atoms with Gasteiger partial charge in [0.15, 0.2) is 0 Å². The number of hydrogen-bond acceptors (Lipinski definition) is 10. The van der Waals surface area contributed by atoms with Crippen LogP contribution < -0.4 is 21.7 Å². The lowest BCUT2D eigenvalue weighted by atomic mass is 9.72. The molecule has 16 heteroatoms. The molecular formula is C72H100N10O6. The number of Topliss-reactive ketones (excluding diaryl/α,β-unsaturated/α-hetero) is 3. The summed E-state index contributed by atoms with van der Waals surface area (Å²) in [5.74, 6) is 3.49. The molecule has 0 unspecified atom stereocenters. The highest BCUT2D eigenvalue weighted by molar-refractivity contribution is 5.90. The number of ketones is 3. The normalized spacial score (nSPS) is 23.6. The molecule has 3 aliphatic heterocycles. The molecule has 3 saturated heterocycles. The lowest BCUT2D eigenvalue weighted by Gasteiger charge is -2.47. The zero-order valence-electron chi connectivity index (χ0n) is 53.3. The largest absolute Gasteiger partial charge is 0.361 e. The van der Waals surface area contributed by atoms with Crippen LogP contribution in [-0.2, 0) is 48.0 Å². The minimum Gasteiger partial charge on any atom is -0.361 e. The molecule has 16 nitrogen and oxygen atoms in total. The van der Waals surface area contributed by atoms with Gasteiger partial charge in [0.1, 0.15) is 17.3 Å². The van der Waals surface area contributed by atoms with Gasteiger partial charge in [-0.3, -0.25) is 33.9 Å². The number of fused-ring (bicyclic) bond motifs is 6. The summed E-state index contributed by atoms with van der Waals surface area (Å²) in [6, 6.07) is 21.6. The third kappa shape index (κ3) is 15.4. The van der Waals surface area contributed by atoms with Crippen LogP contribution in [0.5, 0.6) is 0 Å². The lowest BCUT2D eigenvalue weighted by Crippen LogP contribution is -2.52. The van der Waals surface area contributed by atoms with E-state index < -0.39 is 0 Å². The Balaban J connectivity index is 0.000000146. The van der Waals surface area contributed by atoms with Gasteiger partial charge in [-0.1, -0.05) is 57.2 Å². The number of aromatic amines is 3. The number of aromatic nitrogens is 3. The van der Waals surface area contributed by atoms with E-state index in [1.54, 1.807) is 13.8 Å². The summed E-state index contributed by atoms with van der Waals surface area (Å²) in [5, 5.41) is 13.7. The molecule has 474 valence electrons. The first kappa shape index (κ1) is 64.5. The predicted molar refractivity (Wildman–Crippen MR) is 352 cm³/mol. The van der Waals surface area contributed by atoms with Gasteiger partial charge < -0.3 is 46.2 Å². The summed E-state index contributed by atoms with van der Waals surface area (Å²) in [6.07, 6.45) is 21.3. The smallest absolute Gasteiger partial charge is 0.220 e. The number of nitrogens with zero attached hydrogens (tertiary/aromatic N) is 3. The third-order valence-corrected chi connectivity index (χ3v) is 20.2. The first-order chi connectivity index (χ1) is 42.7. The fourth-order valence-corrected chi connectivity index (χ4v) is 16.4. The van der Waals surface area contributed by atoms with Gasteiger partial charge in [-0.25, -0.2) is 0 Å². The summed E-state index contributed by atoms with van der Waals surface area (Å²) in [4.78, 5) is 88.4. The summed E-state index contributed by atoms with van der Waals surface area (Å²) in [7, 11) is 0. The second-order valence-corrected chi connectivity index (χ2v) is 26.8. The molecular weight excluding hydrogens is 1100 g/mol. The number of likely N-dealkylation sites (tertiary alicyclic amines) is 3. The van der Waals surface area contributed by atoms with Gasteiger partial charge in [0.2, 0.25) is 17.7 Å². The standard InChI is InChI=1S/C24H34N4O2.2C24H33N3O2/c1-2-9-28-15-16(13-27-23(30)8-3-5-18(29)12-25)10-20-19-6-4-7-21-24(19)17(14-26-21)11-22(20)28;2*1-3-10-27-15-17(13-26-23(29)9-4-6-16(2)28)11-20-19-7-5-8-21-24(19)18(14-25-21)12-22(20)27/h4,6-7,14,16,20,22,26H,2-3,5,8-13,15,25H2,1H3,(H,27,30);2*5,7-8,14,17,20,22,25H,3-4,6,9-13,15H2,1-2H3,(H,26,29)/t16-,20+,22+;2*17-,20+,22+/m000/s1. The molecule has 0 spiro atoms. The summed E-state index contributed by atoms with van der Waals surface area (Å²) >= 11 is 0. The Hall–Kier alpha value is -6.46. The molecule has 12 rings (SSSR count). The van der Waals surface area contributed by atoms with E-state index in [4.69, 9.17) is 5.73 Å². The molecule has 6 aromatic rings. The van der Waals surface area contributed by atoms with E-state index in [0.29, 0.717) is 118 Å². The van der Waals surface area contributed by atoms with Gasteiger partial charge in [0.05, 0.1) is 6.54 Å². The maximum atomic E-state index is 12.3. The van der Waals surface area contributed by atoms with Crippen LogP contribution >= 0.6 is 0 Å². The quantitative estimate of drug-likeness (QED) is 0.0287. The van der Waals surface area contributed by atoms with E-state index >= 15 is 0 Å². The average Bonchev–Trinajstić information content (AvgIpc) is 1.48. The van der Waals surface area contributed by atoms with Crippen LogP contribution in [-0.4, -0.2) is 148 Å². The number of piperidine rings is 3. The van der Waals surface area contributed by atoms with Crippen molar-refractivity contribution in [1.29, 1.82) is 0 Å². The van der Waals surface area contributed by atoms with E-state index in [0.717, 1.165) is 110 Å². The van der Waals surface area contributed by atoms with Crippen molar-refractivity contribution in [2.24, 2.45) is 23.5 Å². The Morgan fingerprint density at radius 3 is 1.08 bits per heavy atom. The van der Waals surface area contributed by atoms with Crippen LogP contribution in [0.4, 0.5) is 0 Å². The highest BCUT2D eigenvalue weighted by Gasteiger charge is 2.43. The molecule has 0 radical (unpaired) electrons. The van der Waals surface area contributed by atoms with Crippen molar-refractivity contribution >= 4 is 67.8 Å². The van der Waals surface area contributed by atoms with Crippen molar-refractivity contribution in [3.63, 3.8) is 0 Å². The predicted octanol–water partition coefficient (Wildman–Crippen LogP) is 10.3. The number of H-pyrrole nitrogens is 3. The van der Waals surface area contributed by atoms with Crippen LogP contribution in [0.3, 0.4) is 0 Å². The Kier molecular flexibility index (Phi) is 22.3. The first-order valence-electron chi connectivity index (χ1n) is 33.7. The summed E-state index contributed by atoms with van der Waals surface area (Å²) < 4.78 is 0. The maximum absolute atomic E-state index is 12.3. The van der Waals surface area contributed by atoms with E-state index in [2.05, 4.69) is 140 Å². The van der Waals surface area contributed by atoms with Crippen molar-refractivity contribution in [2.75, 3.05) is 65.4 Å². The Bertz CT molecular complexity index is 3230. The van der Waals surface area contributed by atoms with Crippen molar-refractivity contribution < 1.29 is 28.8 Å². The molecule has 0 saturated carbocycles. The van der Waals surface area contributed by atoms with Crippen LogP contribution in [0.15, 0.2) is 73.2 Å². The Morgan fingerprint density at radius 2 is 0.784 bits per heavy atom. The van der Waals surface area contributed by atoms with E-state index in [-0.39, 0.29) is 41.6 Å². The molecule has 88 heavy (non-hydrogen) atoms. The molecule has 6 heterocycles. The maximum Gasteiger partial charge on any atom is 0.220 e. The molecule has 6 aliphatic rings. The van der Waals surface area contributed by atoms with Gasteiger partial charge in [-0.15, -0.1) is 0 Å². The van der Waals surface area contributed by atoms with E-state index in [1.165, 1.54) is 66.1 Å². The molecule has 3 amide bonds. The monoisotopic (exact) mass is 1200 g/mol. The summed E-state index contributed by atoms with van der Waals surface area (Å²) in [5.41, 5.74) is 17.9. The van der Waals surface area contributed by atoms with Crippen molar-refractivity contribution in [3.05, 3.63) is 107 Å². The first-order valence-corrected chi connectivity index (χ1v) is 33.7. The minimum atomic E-state index is 0.0203. The number of hydrogen-bond donors (Lipinski definition) is 7. The highest BCUT2D eigenvalue weighted by Crippen LogP contribution is 2.48. The van der Waals surface area contributed by atoms with Crippen molar-refractivity contribution in [3.8, 4) is 0 Å². The molecule has 3 aromatic heterocycles.